The van der Waals surface area contributed by atoms with Gasteiger partial charge in [-0.3, -0.25) is 0 Å². The van der Waals surface area contributed by atoms with Crippen molar-refractivity contribution in [1.82, 2.24) is 4.90 Å². The Hall–Kier alpha value is -1.53. The molecule has 1 N–H and O–H groups in total. The lowest BCUT2D eigenvalue weighted by atomic mass is 10.0. The molecule has 0 aromatic heterocycles. The van der Waals surface area contributed by atoms with Crippen molar-refractivity contribution < 1.29 is 9.53 Å². The van der Waals surface area contributed by atoms with E-state index in [-0.39, 0.29) is 12.1 Å². The largest absolute Gasteiger partial charge is 0.497 e. The number of hydrogen-bond acceptors (Lipinski definition) is 2. The molecule has 0 aliphatic heterocycles. The number of urea groups is 1. The maximum Gasteiger partial charge on any atom is 0.322 e. The molecule has 2 aromatic rings. The SMILES string of the molecule is CCN(C(=O)Nc1c(Br)cc(C(C)C)cc1Br)C(C)Cc1ccc(OC)cc1. The molecule has 1 atom stereocenters. The van der Waals surface area contributed by atoms with Crippen LogP contribution in [0.4, 0.5) is 10.5 Å². The number of amides is 2. The number of nitrogens with one attached hydrogen (secondary N) is 1. The standard InChI is InChI=1S/C22H28Br2N2O2/c1-6-26(15(4)11-16-7-9-18(28-5)10-8-16)22(27)25-21-19(23)12-17(14(2)3)13-20(21)24/h7-10,12-15H,6,11H2,1-5H3,(H,25,27). The average molecular weight is 512 g/mol. The van der Waals surface area contributed by atoms with Crippen molar-refractivity contribution in [2.24, 2.45) is 0 Å². The van der Waals surface area contributed by atoms with Gasteiger partial charge in [-0.05, 0) is 93.4 Å². The number of carbonyl (C=O) groups excluding carboxylic acids is 1. The normalized spacial score (nSPS) is 12.0. The molecule has 0 bridgehead atoms. The fraction of sp³-hybridized carbons (Fsp3) is 0.409. The predicted octanol–water partition coefficient (Wildman–Crippen LogP) is 6.83. The highest BCUT2D eigenvalue weighted by Gasteiger charge is 2.21. The zero-order valence-corrected chi connectivity index (χ0v) is 20.2. The number of carbonyl (C=O) groups is 1. The van der Waals surface area contributed by atoms with Crippen LogP contribution in [0.2, 0.25) is 0 Å². The van der Waals surface area contributed by atoms with Crippen molar-refractivity contribution in [2.75, 3.05) is 19.0 Å². The van der Waals surface area contributed by atoms with Gasteiger partial charge in [-0.25, -0.2) is 4.79 Å². The number of nitrogens with zero attached hydrogens (tertiary/aromatic N) is 1. The van der Waals surface area contributed by atoms with E-state index < -0.39 is 0 Å². The van der Waals surface area contributed by atoms with Crippen LogP contribution in [0.15, 0.2) is 45.3 Å². The van der Waals surface area contributed by atoms with Crippen molar-refractivity contribution in [2.45, 2.75) is 46.1 Å². The lowest BCUT2D eigenvalue weighted by Crippen LogP contribution is -2.42. The van der Waals surface area contributed by atoms with Crippen molar-refractivity contribution >= 4 is 43.6 Å². The van der Waals surface area contributed by atoms with Gasteiger partial charge in [0.25, 0.3) is 0 Å². The topological polar surface area (TPSA) is 41.6 Å². The first-order valence-electron chi connectivity index (χ1n) is 9.46. The first kappa shape index (κ1) is 22.8. The van der Waals surface area contributed by atoms with E-state index in [9.17, 15) is 4.79 Å². The van der Waals surface area contributed by atoms with E-state index in [1.165, 1.54) is 11.1 Å². The quantitative estimate of drug-likeness (QED) is 0.442. The molecule has 6 heteroatoms. The van der Waals surface area contributed by atoms with Gasteiger partial charge in [0.2, 0.25) is 0 Å². The molecule has 2 rings (SSSR count). The number of methoxy groups -OCH3 is 1. The summed E-state index contributed by atoms with van der Waals surface area (Å²) in [5.74, 6) is 1.25. The number of hydrogen-bond donors (Lipinski definition) is 1. The summed E-state index contributed by atoms with van der Waals surface area (Å²) in [6.45, 7) is 8.98. The highest BCUT2D eigenvalue weighted by Crippen LogP contribution is 2.35. The summed E-state index contributed by atoms with van der Waals surface area (Å²) in [6, 6.07) is 12.0. The Labute approximate surface area is 184 Å². The highest BCUT2D eigenvalue weighted by atomic mass is 79.9. The summed E-state index contributed by atoms with van der Waals surface area (Å²) >= 11 is 7.19. The highest BCUT2D eigenvalue weighted by molar-refractivity contribution is 9.11. The maximum absolute atomic E-state index is 13.0. The minimum absolute atomic E-state index is 0.0610. The molecule has 0 saturated heterocycles. The van der Waals surface area contributed by atoms with Crippen LogP contribution >= 0.6 is 31.9 Å². The van der Waals surface area contributed by atoms with Gasteiger partial charge in [0.05, 0.1) is 12.8 Å². The van der Waals surface area contributed by atoms with Gasteiger partial charge >= 0.3 is 6.03 Å². The number of anilines is 1. The first-order chi connectivity index (χ1) is 13.3. The molecule has 0 aliphatic carbocycles. The molecular weight excluding hydrogens is 484 g/mol. The summed E-state index contributed by atoms with van der Waals surface area (Å²) in [7, 11) is 1.66. The Kier molecular flexibility index (Phi) is 8.38. The molecule has 28 heavy (non-hydrogen) atoms. The van der Waals surface area contributed by atoms with Crippen molar-refractivity contribution in [3.63, 3.8) is 0 Å². The second kappa shape index (κ2) is 10.3. The average Bonchev–Trinajstić information content (AvgIpc) is 2.65. The molecule has 2 amide bonds. The summed E-state index contributed by atoms with van der Waals surface area (Å²) in [4.78, 5) is 14.8. The monoisotopic (exact) mass is 510 g/mol. The molecule has 152 valence electrons. The van der Waals surface area contributed by atoms with E-state index >= 15 is 0 Å². The zero-order chi connectivity index (χ0) is 20.8. The summed E-state index contributed by atoms with van der Waals surface area (Å²) in [5.41, 5.74) is 3.13. The number of benzene rings is 2. The molecule has 0 aliphatic rings. The third-order valence-corrected chi connectivity index (χ3v) is 6.04. The van der Waals surface area contributed by atoms with Crippen LogP contribution in [0.1, 0.15) is 44.7 Å². The molecule has 0 radical (unpaired) electrons. The summed E-state index contributed by atoms with van der Waals surface area (Å²) in [6.07, 6.45) is 0.778. The van der Waals surface area contributed by atoms with E-state index in [2.05, 4.69) is 70.1 Å². The molecule has 0 fully saturated rings. The van der Waals surface area contributed by atoms with Gasteiger partial charge < -0.3 is 15.0 Å². The fourth-order valence-corrected chi connectivity index (χ4v) is 4.51. The molecule has 4 nitrogen and oxygen atoms in total. The van der Waals surface area contributed by atoms with E-state index in [0.717, 1.165) is 26.8 Å². The lowest BCUT2D eigenvalue weighted by Gasteiger charge is -2.29. The predicted molar refractivity (Wildman–Crippen MR) is 123 cm³/mol. The molecular formula is C22H28Br2N2O2. The minimum atomic E-state index is -0.109. The fourth-order valence-electron chi connectivity index (χ4n) is 3.09. The molecule has 0 heterocycles. The Balaban J connectivity index is 2.12. The Morgan fingerprint density at radius 2 is 1.68 bits per heavy atom. The van der Waals surface area contributed by atoms with Crippen molar-refractivity contribution in [3.8, 4) is 5.75 Å². The molecule has 1 unspecified atom stereocenters. The second-order valence-electron chi connectivity index (χ2n) is 7.13. The van der Waals surface area contributed by atoms with Crippen molar-refractivity contribution in [3.05, 3.63) is 56.5 Å². The zero-order valence-electron chi connectivity index (χ0n) is 17.1. The van der Waals surface area contributed by atoms with Crippen LogP contribution in [-0.2, 0) is 6.42 Å². The van der Waals surface area contributed by atoms with E-state index in [4.69, 9.17) is 4.74 Å². The maximum atomic E-state index is 13.0. The van der Waals surface area contributed by atoms with Crippen molar-refractivity contribution in [1.29, 1.82) is 0 Å². The van der Waals surface area contributed by atoms with Crippen LogP contribution in [0.3, 0.4) is 0 Å². The van der Waals surface area contributed by atoms with Gasteiger partial charge in [0, 0.05) is 21.5 Å². The molecule has 2 aromatic carbocycles. The van der Waals surface area contributed by atoms with Gasteiger partial charge in [0.15, 0.2) is 0 Å². The Bertz CT molecular complexity index is 784. The number of rotatable bonds is 7. The number of ether oxygens (including phenoxy) is 1. The summed E-state index contributed by atoms with van der Waals surface area (Å²) in [5, 5.41) is 3.05. The van der Waals surface area contributed by atoms with Crippen LogP contribution in [0.5, 0.6) is 5.75 Å². The van der Waals surface area contributed by atoms with Crippen LogP contribution in [0.25, 0.3) is 0 Å². The first-order valence-corrected chi connectivity index (χ1v) is 11.0. The molecule has 0 saturated carbocycles. The van der Waals surface area contributed by atoms with Crippen LogP contribution in [-0.4, -0.2) is 30.6 Å². The Morgan fingerprint density at radius 3 is 2.14 bits per heavy atom. The third-order valence-electron chi connectivity index (χ3n) is 4.79. The minimum Gasteiger partial charge on any atom is -0.497 e. The van der Waals surface area contributed by atoms with E-state index in [1.54, 1.807) is 7.11 Å². The number of halogens is 2. The van der Waals surface area contributed by atoms with Crippen LogP contribution < -0.4 is 10.1 Å². The second-order valence-corrected chi connectivity index (χ2v) is 8.84. The van der Waals surface area contributed by atoms with Gasteiger partial charge in [-0.2, -0.15) is 0 Å². The lowest BCUT2D eigenvalue weighted by molar-refractivity contribution is 0.196. The van der Waals surface area contributed by atoms with E-state index in [0.29, 0.717) is 12.5 Å². The van der Waals surface area contributed by atoms with Gasteiger partial charge in [0.1, 0.15) is 5.75 Å². The van der Waals surface area contributed by atoms with Crippen LogP contribution in [0, 0.1) is 0 Å². The number of likely N-dealkylation sites (N-methyl/N-ethyl adjacent to an activating group) is 1. The summed E-state index contributed by atoms with van der Waals surface area (Å²) < 4.78 is 6.96. The Morgan fingerprint density at radius 1 is 1.11 bits per heavy atom. The van der Waals surface area contributed by atoms with E-state index in [1.807, 2.05) is 36.1 Å². The smallest absolute Gasteiger partial charge is 0.322 e. The van der Waals surface area contributed by atoms with Gasteiger partial charge in [-0.15, -0.1) is 0 Å². The van der Waals surface area contributed by atoms with Gasteiger partial charge in [-0.1, -0.05) is 26.0 Å². The molecule has 0 spiro atoms. The third kappa shape index (κ3) is 5.74.